The molecule has 0 spiro atoms. The summed E-state index contributed by atoms with van der Waals surface area (Å²) in [6, 6.07) is 13.7. The monoisotopic (exact) mass is 295 g/mol. The molecular formula is C18H14FNO2. The summed E-state index contributed by atoms with van der Waals surface area (Å²) < 4.78 is 13.3. The standard InChI is InChI=1S/C18H14FNO2/c1-11(18(21)22)12-5-6-14-7-15(10-20-17(14)9-12)13-3-2-4-16(19)8-13/h2-11H,1H3,(H,21,22). The Morgan fingerprint density at radius 3 is 2.68 bits per heavy atom. The van der Waals surface area contributed by atoms with Gasteiger partial charge in [-0.2, -0.15) is 0 Å². The van der Waals surface area contributed by atoms with Crippen LogP contribution in [0.2, 0.25) is 0 Å². The Balaban J connectivity index is 2.05. The van der Waals surface area contributed by atoms with Crippen molar-refractivity contribution >= 4 is 16.9 Å². The molecule has 110 valence electrons. The molecule has 0 aliphatic rings. The first-order valence-corrected chi connectivity index (χ1v) is 6.93. The highest BCUT2D eigenvalue weighted by Gasteiger charge is 2.14. The van der Waals surface area contributed by atoms with Crippen molar-refractivity contribution in [2.24, 2.45) is 0 Å². The van der Waals surface area contributed by atoms with Crippen LogP contribution >= 0.6 is 0 Å². The second kappa shape index (κ2) is 5.56. The Kier molecular flexibility index (Phi) is 3.59. The Hall–Kier alpha value is -2.75. The van der Waals surface area contributed by atoms with Crippen LogP contribution in [0, 0.1) is 5.82 Å². The summed E-state index contributed by atoms with van der Waals surface area (Å²) in [5, 5.41) is 9.96. The van der Waals surface area contributed by atoms with E-state index >= 15 is 0 Å². The molecule has 4 heteroatoms. The van der Waals surface area contributed by atoms with Gasteiger partial charge < -0.3 is 5.11 Å². The van der Waals surface area contributed by atoms with Crippen LogP contribution in [-0.2, 0) is 4.79 Å². The summed E-state index contributed by atoms with van der Waals surface area (Å²) >= 11 is 0. The van der Waals surface area contributed by atoms with Gasteiger partial charge in [0.15, 0.2) is 0 Å². The summed E-state index contributed by atoms with van der Waals surface area (Å²) in [5.41, 5.74) is 3.03. The van der Waals surface area contributed by atoms with Crippen molar-refractivity contribution in [3.05, 3.63) is 66.1 Å². The number of aromatic nitrogens is 1. The van der Waals surface area contributed by atoms with E-state index in [1.165, 1.54) is 12.1 Å². The second-order valence-corrected chi connectivity index (χ2v) is 5.25. The maximum Gasteiger partial charge on any atom is 0.310 e. The van der Waals surface area contributed by atoms with Crippen LogP contribution in [0.15, 0.2) is 54.7 Å². The van der Waals surface area contributed by atoms with E-state index in [1.807, 2.05) is 18.2 Å². The van der Waals surface area contributed by atoms with Crippen LogP contribution in [0.1, 0.15) is 18.4 Å². The molecule has 1 unspecified atom stereocenters. The lowest BCUT2D eigenvalue weighted by atomic mass is 9.98. The molecule has 0 amide bonds. The molecule has 0 aliphatic carbocycles. The molecule has 22 heavy (non-hydrogen) atoms. The lowest BCUT2D eigenvalue weighted by Gasteiger charge is -2.09. The van der Waals surface area contributed by atoms with Gasteiger partial charge in [0.1, 0.15) is 5.82 Å². The van der Waals surface area contributed by atoms with Crippen molar-refractivity contribution in [2.45, 2.75) is 12.8 Å². The fourth-order valence-corrected chi connectivity index (χ4v) is 2.38. The Bertz CT molecular complexity index is 861. The zero-order chi connectivity index (χ0) is 15.7. The maximum absolute atomic E-state index is 13.3. The van der Waals surface area contributed by atoms with Gasteiger partial charge in [0, 0.05) is 17.1 Å². The van der Waals surface area contributed by atoms with Crippen LogP contribution in [0.3, 0.4) is 0 Å². The first kappa shape index (κ1) is 14.2. The number of aliphatic carboxylic acids is 1. The van der Waals surface area contributed by atoms with Crippen molar-refractivity contribution in [3.8, 4) is 11.1 Å². The predicted octanol–water partition coefficient (Wildman–Crippen LogP) is 4.23. The van der Waals surface area contributed by atoms with Gasteiger partial charge in [-0.1, -0.05) is 24.3 Å². The number of nitrogens with zero attached hydrogens (tertiary/aromatic N) is 1. The number of carboxylic acid groups (broad SMARTS) is 1. The highest BCUT2D eigenvalue weighted by atomic mass is 19.1. The molecular weight excluding hydrogens is 281 g/mol. The molecule has 3 aromatic rings. The number of carbonyl (C=O) groups is 1. The van der Waals surface area contributed by atoms with Gasteiger partial charge in [-0.3, -0.25) is 9.78 Å². The normalized spacial score (nSPS) is 12.3. The Labute approximate surface area is 127 Å². The van der Waals surface area contributed by atoms with Crippen molar-refractivity contribution in [3.63, 3.8) is 0 Å². The quantitative estimate of drug-likeness (QED) is 0.786. The van der Waals surface area contributed by atoms with Gasteiger partial charge in [-0.15, -0.1) is 0 Å². The van der Waals surface area contributed by atoms with E-state index in [4.69, 9.17) is 5.11 Å². The van der Waals surface area contributed by atoms with Gasteiger partial charge in [-0.05, 0) is 42.3 Å². The molecule has 0 fully saturated rings. The molecule has 3 nitrogen and oxygen atoms in total. The average molecular weight is 295 g/mol. The van der Waals surface area contributed by atoms with Crippen molar-refractivity contribution in [1.29, 1.82) is 0 Å². The SMILES string of the molecule is CC(C(=O)O)c1ccc2cc(-c3cccc(F)c3)cnc2c1. The van der Waals surface area contributed by atoms with Crippen molar-refractivity contribution < 1.29 is 14.3 Å². The van der Waals surface area contributed by atoms with Crippen LogP contribution in [-0.4, -0.2) is 16.1 Å². The number of pyridine rings is 1. The van der Waals surface area contributed by atoms with Crippen molar-refractivity contribution in [1.82, 2.24) is 4.98 Å². The zero-order valence-corrected chi connectivity index (χ0v) is 12.0. The number of benzene rings is 2. The summed E-state index contributed by atoms with van der Waals surface area (Å²) in [4.78, 5) is 15.4. The van der Waals surface area contributed by atoms with Gasteiger partial charge >= 0.3 is 5.97 Å². The number of hydrogen-bond donors (Lipinski definition) is 1. The minimum atomic E-state index is -0.865. The fraction of sp³-hybridized carbons (Fsp3) is 0.111. The van der Waals surface area contributed by atoms with E-state index in [1.54, 1.807) is 31.3 Å². The number of fused-ring (bicyclic) bond motifs is 1. The van der Waals surface area contributed by atoms with E-state index in [0.717, 1.165) is 22.0 Å². The summed E-state index contributed by atoms with van der Waals surface area (Å²) in [5.74, 6) is -1.73. The zero-order valence-electron chi connectivity index (χ0n) is 12.0. The molecule has 0 aliphatic heterocycles. The highest BCUT2D eigenvalue weighted by molar-refractivity contribution is 5.85. The molecule has 1 N–H and O–H groups in total. The smallest absolute Gasteiger partial charge is 0.310 e. The largest absolute Gasteiger partial charge is 0.481 e. The topological polar surface area (TPSA) is 50.2 Å². The lowest BCUT2D eigenvalue weighted by molar-refractivity contribution is -0.138. The molecule has 0 radical (unpaired) electrons. The third-order valence-corrected chi connectivity index (χ3v) is 3.74. The second-order valence-electron chi connectivity index (χ2n) is 5.25. The van der Waals surface area contributed by atoms with E-state index in [2.05, 4.69) is 4.98 Å². The molecule has 0 bridgehead atoms. The average Bonchev–Trinajstić information content (AvgIpc) is 2.53. The summed E-state index contributed by atoms with van der Waals surface area (Å²) in [6.45, 7) is 1.64. The fourth-order valence-electron chi connectivity index (χ4n) is 2.38. The third-order valence-electron chi connectivity index (χ3n) is 3.74. The minimum absolute atomic E-state index is 0.289. The van der Waals surface area contributed by atoms with E-state index in [9.17, 15) is 9.18 Å². The maximum atomic E-state index is 13.3. The van der Waals surface area contributed by atoms with Gasteiger partial charge in [-0.25, -0.2) is 4.39 Å². The van der Waals surface area contributed by atoms with Crippen LogP contribution in [0.5, 0.6) is 0 Å². The van der Waals surface area contributed by atoms with Gasteiger partial charge in [0.05, 0.1) is 11.4 Å². The molecule has 3 rings (SSSR count). The number of hydrogen-bond acceptors (Lipinski definition) is 2. The van der Waals surface area contributed by atoms with E-state index in [0.29, 0.717) is 5.56 Å². The number of rotatable bonds is 3. The molecule has 1 heterocycles. The predicted molar refractivity (Wildman–Crippen MR) is 83.2 cm³/mol. The van der Waals surface area contributed by atoms with Crippen LogP contribution in [0.25, 0.3) is 22.0 Å². The van der Waals surface area contributed by atoms with E-state index in [-0.39, 0.29) is 5.82 Å². The number of halogens is 1. The Morgan fingerprint density at radius 2 is 1.95 bits per heavy atom. The molecule has 0 saturated heterocycles. The first-order chi connectivity index (χ1) is 10.5. The lowest BCUT2D eigenvalue weighted by Crippen LogP contribution is -2.07. The first-order valence-electron chi connectivity index (χ1n) is 6.93. The van der Waals surface area contributed by atoms with Crippen molar-refractivity contribution in [2.75, 3.05) is 0 Å². The molecule has 2 aromatic carbocycles. The Morgan fingerprint density at radius 1 is 1.14 bits per heavy atom. The molecule has 0 saturated carbocycles. The summed E-state index contributed by atoms with van der Waals surface area (Å²) in [6.07, 6.45) is 1.67. The van der Waals surface area contributed by atoms with Crippen LogP contribution < -0.4 is 0 Å². The van der Waals surface area contributed by atoms with E-state index < -0.39 is 11.9 Å². The molecule has 1 aromatic heterocycles. The van der Waals surface area contributed by atoms with Gasteiger partial charge in [0.2, 0.25) is 0 Å². The van der Waals surface area contributed by atoms with Crippen LogP contribution in [0.4, 0.5) is 4.39 Å². The number of carboxylic acids is 1. The third kappa shape index (κ3) is 2.68. The molecule has 1 atom stereocenters. The van der Waals surface area contributed by atoms with Gasteiger partial charge in [0.25, 0.3) is 0 Å². The summed E-state index contributed by atoms with van der Waals surface area (Å²) in [7, 11) is 0. The minimum Gasteiger partial charge on any atom is -0.481 e. The highest BCUT2D eigenvalue weighted by Crippen LogP contribution is 2.25.